The molecular weight excluding hydrogens is 210 g/mol. The van der Waals surface area contributed by atoms with Crippen molar-refractivity contribution < 1.29 is 0 Å². The highest BCUT2D eigenvalue weighted by molar-refractivity contribution is 4.95. The van der Waals surface area contributed by atoms with Crippen LogP contribution < -0.4 is 5.73 Å². The number of nitrogens with zero attached hydrogens (tertiary/aromatic N) is 2. The minimum Gasteiger partial charge on any atom is -0.329 e. The van der Waals surface area contributed by atoms with Gasteiger partial charge in [-0.05, 0) is 50.6 Å². The minimum atomic E-state index is 0.814. The molecule has 98 valence electrons. The maximum Gasteiger partial charge on any atom is 0.0127 e. The maximum absolute atomic E-state index is 5.66. The first-order valence-electron chi connectivity index (χ1n) is 7.53. The number of hydrogen-bond acceptors (Lipinski definition) is 3. The fourth-order valence-corrected chi connectivity index (χ4v) is 4.39. The number of rotatable bonds is 3. The van der Waals surface area contributed by atoms with Crippen LogP contribution in [0.4, 0.5) is 0 Å². The van der Waals surface area contributed by atoms with Crippen molar-refractivity contribution in [2.45, 2.75) is 38.1 Å². The van der Waals surface area contributed by atoms with E-state index in [4.69, 9.17) is 5.73 Å². The van der Waals surface area contributed by atoms with Gasteiger partial charge in [-0.1, -0.05) is 6.42 Å². The lowest BCUT2D eigenvalue weighted by molar-refractivity contribution is 0.146. The van der Waals surface area contributed by atoms with E-state index in [1.54, 1.807) is 0 Å². The molecule has 0 aromatic heterocycles. The van der Waals surface area contributed by atoms with Crippen molar-refractivity contribution in [3.8, 4) is 0 Å². The van der Waals surface area contributed by atoms with Gasteiger partial charge < -0.3 is 10.6 Å². The Bertz CT molecular complexity index is 256. The van der Waals surface area contributed by atoms with Gasteiger partial charge in [-0.2, -0.15) is 0 Å². The summed E-state index contributed by atoms with van der Waals surface area (Å²) < 4.78 is 0. The fraction of sp³-hybridized carbons (Fsp3) is 1.00. The Morgan fingerprint density at radius 3 is 2.65 bits per heavy atom. The van der Waals surface area contributed by atoms with E-state index in [0.29, 0.717) is 0 Å². The third-order valence-corrected chi connectivity index (χ3v) is 5.24. The van der Waals surface area contributed by atoms with Crippen molar-refractivity contribution in [3.05, 3.63) is 0 Å². The van der Waals surface area contributed by atoms with Crippen molar-refractivity contribution in [3.63, 3.8) is 0 Å². The van der Waals surface area contributed by atoms with Gasteiger partial charge in [-0.25, -0.2) is 0 Å². The minimum absolute atomic E-state index is 0.814. The monoisotopic (exact) mass is 237 g/mol. The summed E-state index contributed by atoms with van der Waals surface area (Å²) in [7, 11) is 0. The predicted octanol–water partition coefficient (Wildman–Crippen LogP) is 1.14. The molecule has 0 aromatic carbocycles. The molecule has 2 bridgehead atoms. The van der Waals surface area contributed by atoms with Gasteiger partial charge in [0.25, 0.3) is 0 Å². The van der Waals surface area contributed by atoms with E-state index >= 15 is 0 Å². The van der Waals surface area contributed by atoms with Gasteiger partial charge in [-0.15, -0.1) is 0 Å². The molecule has 3 aliphatic rings. The Kier molecular flexibility index (Phi) is 3.69. The maximum atomic E-state index is 5.66. The van der Waals surface area contributed by atoms with Crippen LogP contribution in [0.15, 0.2) is 0 Å². The van der Waals surface area contributed by atoms with E-state index in [1.165, 1.54) is 58.3 Å². The van der Waals surface area contributed by atoms with Crippen LogP contribution in [0.2, 0.25) is 0 Å². The van der Waals surface area contributed by atoms with Gasteiger partial charge in [0, 0.05) is 32.2 Å². The SMILES string of the molecule is NCCN1CCCN(C2CC3CCC2C3)CC1. The molecule has 1 heterocycles. The lowest BCUT2D eigenvalue weighted by Gasteiger charge is -2.33. The van der Waals surface area contributed by atoms with E-state index in [0.717, 1.165) is 31.0 Å². The van der Waals surface area contributed by atoms with E-state index < -0.39 is 0 Å². The predicted molar refractivity (Wildman–Crippen MR) is 70.9 cm³/mol. The summed E-state index contributed by atoms with van der Waals surface area (Å²) in [5, 5.41) is 0. The van der Waals surface area contributed by atoms with Gasteiger partial charge in [0.1, 0.15) is 0 Å². The second-order valence-electron chi connectivity index (χ2n) is 6.26. The molecule has 3 heteroatoms. The molecule has 3 nitrogen and oxygen atoms in total. The molecule has 2 N–H and O–H groups in total. The Hall–Kier alpha value is -0.120. The first kappa shape index (κ1) is 11.9. The zero-order chi connectivity index (χ0) is 11.7. The van der Waals surface area contributed by atoms with Crippen molar-refractivity contribution in [2.24, 2.45) is 17.6 Å². The summed E-state index contributed by atoms with van der Waals surface area (Å²) in [5.74, 6) is 2.12. The molecule has 2 saturated carbocycles. The number of hydrogen-bond donors (Lipinski definition) is 1. The molecule has 3 atom stereocenters. The Balaban J connectivity index is 1.54. The normalized spacial score (nSPS) is 39.7. The molecule has 0 spiro atoms. The van der Waals surface area contributed by atoms with Crippen LogP contribution in [0.25, 0.3) is 0 Å². The van der Waals surface area contributed by atoms with Crippen molar-refractivity contribution in [1.82, 2.24) is 9.80 Å². The molecule has 3 unspecified atom stereocenters. The summed E-state index contributed by atoms with van der Waals surface area (Å²) in [5.41, 5.74) is 5.66. The lowest BCUT2D eigenvalue weighted by Crippen LogP contribution is -2.41. The van der Waals surface area contributed by atoms with Crippen LogP contribution in [0.1, 0.15) is 32.1 Å². The van der Waals surface area contributed by atoms with E-state index in [2.05, 4.69) is 9.80 Å². The molecule has 3 rings (SSSR count). The van der Waals surface area contributed by atoms with Crippen LogP contribution in [0.3, 0.4) is 0 Å². The fourth-order valence-electron chi connectivity index (χ4n) is 4.39. The highest BCUT2D eigenvalue weighted by Crippen LogP contribution is 2.46. The van der Waals surface area contributed by atoms with Gasteiger partial charge in [-0.3, -0.25) is 4.90 Å². The van der Waals surface area contributed by atoms with Gasteiger partial charge in [0.15, 0.2) is 0 Å². The summed E-state index contributed by atoms with van der Waals surface area (Å²) in [6, 6.07) is 0.937. The Labute approximate surface area is 105 Å². The number of nitrogens with two attached hydrogens (primary N) is 1. The quantitative estimate of drug-likeness (QED) is 0.799. The van der Waals surface area contributed by atoms with Crippen molar-refractivity contribution >= 4 is 0 Å². The third kappa shape index (κ3) is 2.51. The smallest absolute Gasteiger partial charge is 0.0127 e. The average molecular weight is 237 g/mol. The van der Waals surface area contributed by atoms with E-state index in [9.17, 15) is 0 Å². The van der Waals surface area contributed by atoms with Gasteiger partial charge >= 0.3 is 0 Å². The Morgan fingerprint density at radius 1 is 1.00 bits per heavy atom. The first-order chi connectivity index (χ1) is 8.36. The molecule has 1 saturated heterocycles. The summed E-state index contributed by atoms with van der Waals surface area (Å²) in [6.07, 6.45) is 7.41. The topological polar surface area (TPSA) is 32.5 Å². The molecular formula is C14H27N3. The van der Waals surface area contributed by atoms with Crippen LogP contribution in [0, 0.1) is 11.8 Å². The van der Waals surface area contributed by atoms with E-state index in [1.807, 2.05) is 0 Å². The average Bonchev–Trinajstić information content (AvgIpc) is 2.88. The van der Waals surface area contributed by atoms with Gasteiger partial charge in [0.2, 0.25) is 0 Å². The van der Waals surface area contributed by atoms with Crippen molar-refractivity contribution in [1.29, 1.82) is 0 Å². The molecule has 17 heavy (non-hydrogen) atoms. The molecule has 3 fully saturated rings. The summed E-state index contributed by atoms with van der Waals surface area (Å²) in [6.45, 7) is 7.02. The Morgan fingerprint density at radius 2 is 1.94 bits per heavy atom. The molecule has 1 aliphatic heterocycles. The van der Waals surface area contributed by atoms with Crippen molar-refractivity contribution in [2.75, 3.05) is 39.3 Å². The second kappa shape index (κ2) is 5.25. The first-order valence-corrected chi connectivity index (χ1v) is 7.53. The van der Waals surface area contributed by atoms with Gasteiger partial charge in [0.05, 0.1) is 0 Å². The number of fused-ring (bicyclic) bond motifs is 2. The van der Waals surface area contributed by atoms with Crippen LogP contribution in [-0.4, -0.2) is 55.1 Å². The van der Waals surface area contributed by atoms with Crippen LogP contribution in [0.5, 0.6) is 0 Å². The molecule has 2 aliphatic carbocycles. The zero-order valence-electron chi connectivity index (χ0n) is 11.0. The molecule has 0 aromatic rings. The highest BCUT2D eigenvalue weighted by Gasteiger charge is 2.42. The van der Waals surface area contributed by atoms with Crippen LogP contribution in [-0.2, 0) is 0 Å². The molecule has 0 radical (unpaired) electrons. The molecule has 0 amide bonds. The van der Waals surface area contributed by atoms with Crippen LogP contribution >= 0.6 is 0 Å². The zero-order valence-corrected chi connectivity index (χ0v) is 11.0. The highest BCUT2D eigenvalue weighted by atomic mass is 15.2. The largest absolute Gasteiger partial charge is 0.329 e. The standard InChI is InChI=1S/C14H27N3/c15-4-7-16-5-1-6-17(9-8-16)14-11-12-2-3-13(14)10-12/h12-14H,1-11,15H2. The summed E-state index contributed by atoms with van der Waals surface area (Å²) in [4.78, 5) is 5.35. The van der Waals surface area contributed by atoms with E-state index in [-0.39, 0.29) is 0 Å². The second-order valence-corrected chi connectivity index (χ2v) is 6.26. The lowest BCUT2D eigenvalue weighted by atomic mass is 9.94. The third-order valence-electron chi connectivity index (χ3n) is 5.24. The summed E-state index contributed by atoms with van der Waals surface area (Å²) >= 11 is 0.